The van der Waals surface area contributed by atoms with Crippen LogP contribution in [0.25, 0.3) is 19.5 Å². The molecule has 4 rings (SSSR count). The topological polar surface area (TPSA) is 34.1 Å². The van der Waals surface area contributed by atoms with E-state index in [1.807, 2.05) is 34.8 Å². The van der Waals surface area contributed by atoms with Crippen LogP contribution in [-0.4, -0.2) is 11.6 Å². The standard InChI is InChI=1S/C44H62O2S4/c1-3-5-7-9-11-13-15-17-19-21-23-35-25-29-41(47-35)43-33-31-39(49-43)37(45)27-28-38(46)40-32-34-44(50-40)42-30-26-36(48-42)24-22-20-18-16-14-12-10-8-6-4-2/h25-26,29-34H,3-24,27-28H2,1-2H3. The Labute approximate surface area is 320 Å². The number of thiophene rings is 4. The van der Waals surface area contributed by atoms with Crippen molar-refractivity contribution in [3.63, 3.8) is 0 Å². The van der Waals surface area contributed by atoms with Crippen molar-refractivity contribution in [1.29, 1.82) is 0 Å². The van der Waals surface area contributed by atoms with Crippen molar-refractivity contribution in [2.45, 2.75) is 168 Å². The fraction of sp³-hybridized carbons (Fsp3) is 0.591. The second-order valence-corrected chi connectivity index (χ2v) is 18.6. The molecule has 0 radical (unpaired) electrons. The molecular formula is C44H62O2S4. The second kappa shape index (κ2) is 24.4. The van der Waals surface area contributed by atoms with E-state index in [0.717, 1.165) is 32.4 Å². The first-order chi connectivity index (χ1) is 24.6. The molecule has 6 heteroatoms. The molecule has 0 saturated heterocycles. The quantitative estimate of drug-likeness (QED) is 0.0409. The number of carbonyl (C=O) groups excluding carboxylic acids is 2. The van der Waals surface area contributed by atoms with E-state index in [-0.39, 0.29) is 24.4 Å². The number of aryl methyl sites for hydroxylation is 2. The maximum atomic E-state index is 13.0. The van der Waals surface area contributed by atoms with Gasteiger partial charge in [-0.15, -0.1) is 45.3 Å². The van der Waals surface area contributed by atoms with E-state index in [2.05, 4.69) is 50.2 Å². The van der Waals surface area contributed by atoms with Gasteiger partial charge in [-0.05, 0) is 74.2 Å². The normalized spacial score (nSPS) is 11.5. The van der Waals surface area contributed by atoms with E-state index in [4.69, 9.17) is 0 Å². The third-order valence-electron chi connectivity index (χ3n) is 9.70. The van der Waals surface area contributed by atoms with Crippen LogP contribution in [0.15, 0.2) is 48.5 Å². The summed E-state index contributed by atoms with van der Waals surface area (Å²) in [6.07, 6.45) is 30.1. The molecule has 0 amide bonds. The fourth-order valence-corrected chi connectivity index (χ4v) is 10.8. The summed E-state index contributed by atoms with van der Waals surface area (Å²) in [7, 11) is 0. The summed E-state index contributed by atoms with van der Waals surface area (Å²) in [4.78, 5) is 35.3. The molecule has 4 aromatic rings. The van der Waals surface area contributed by atoms with E-state index < -0.39 is 0 Å². The number of unbranched alkanes of at least 4 members (excludes halogenated alkanes) is 18. The average molecular weight is 751 g/mol. The monoisotopic (exact) mass is 750 g/mol. The van der Waals surface area contributed by atoms with Crippen molar-refractivity contribution in [2.75, 3.05) is 0 Å². The lowest BCUT2D eigenvalue weighted by molar-refractivity contribution is 0.0921. The summed E-state index contributed by atoms with van der Waals surface area (Å²) in [5.74, 6) is 0.145. The van der Waals surface area contributed by atoms with Crippen LogP contribution in [0.2, 0.25) is 0 Å². The zero-order valence-corrected chi connectivity index (χ0v) is 34.3. The Bertz CT molecular complexity index is 1390. The van der Waals surface area contributed by atoms with Gasteiger partial charge >= 0.3 is 0 Å². The van der Waals surface area contributed by atoms with Crippen LogP contribution in [-0.2, 0) is 12.8 Å². The average Bonchev–Trinajstić information content (AvgIpc) is 3.96. The molecule has 0 aliphatic rings. The molecule has 2 nitrogen and oxygen atoms in total. The molecule has 50 heavy (non-hydrogen) atoms. The minimum atomic E-state index is 0.0726. The molecule has 0 spiro atoms. The van der Waals surface area contributed by atoms with E-state index in [1.165, 1.54) is 148 Å². The van der Waals surface area contributed by atoms with Crippen LogP contribution in [0.4, 0.5) is 0 Å². The van der Waals surface area contributed by atoms with Gasteiger partial charge in [0.2, 0.25) is 0 Å². The molecule has 0 aromatic carbocycles. The fourth-order valence-electron chi connectivity index (χ4n) is 6.58. The van der Waals surface area contributed by atoms with E-state index >= 15 is 0 Å². The van der Waals surface area contributed by atoms with Crippen molar-refractivity contribution < 1.29 is 9.59 Å². The van der Waals surface area contributed by atoms with Gasteiger partial charge in [-0.1, -0.05) is 129 Å². The van der Waals surface area contributed by atoms with Crippen LogP contribution in [0.5, 0.6) is 0 Å². The molecule has 274 valence electrons. The highest BCUT2D eigenvalue weighted by molar-refractivity contribution is 7.23. The van der Waals surface area contributed by atoms with Crippen LogP contribution >= 0.6 is 45.3 Å². The van der Waals surface area contributed by atoms with Crippen molar-refractivity contribution in [3.05, 3.63) is 68.0 Å². The highest BCUT2D eigenvalue weighted by Crippen LogP contribution is 2.36. The van der Waals surface area contributed by atoms with E-state index in [1.54, 1.807) is 22.7 Å². The van der Waals surface area contributed by atoms with Crippen LogP contribution < -0.4 is 0 Å². The predicted molar refractivity (Wildman–Crippen MR) is 224 cm³/mol. The van der Waals surface area contributed by atoms with Crippen molar-refractivity contribution in [2.24, 2.45) is 0 Å². The Morgan fingerprint density at radius 1 is 0.380 bits per heavy atom. The minimum Gasteiger partial charge on any atom is -0.293 e. The summed E-state index contributed by atoms with van der Waals surface area (Å²) >= 11 is 6.87. The first-order valence-corrected chi connectivity index (χ1v) is 23.3. The molecule has 0 aliphatic heterocycles. The minimum absolute atomic E-state index is 0.0726. The van der Waals surface area contributed by atoms with Crippen LogP contribution in [0.3, 0.4) is 0 Å². The summed E-state index contributed by atoms with van der Waals surface area (Å²) in [5.41, 5.74) is 0. The Morgan fingerprint density at radius 2 is 0.680 bits per heavy atom. The van der Waals surface area contributed by atoms with Gasteiger partial charge in [0, 0.05) is 42.1 Å². The molecule has 0 N–H and O–H groups in total. The summed E-state index contributed by atoms with van der Waals surface area (Å²) in [5, 5.41) is 0. The number of hydrogen-bond acceptors (Lipinski definition) is 6. The molecule has 0 fully saturated rings. The van der Waals surface area contributed by atoms with Gasteiger partial charge in [-0.3, -0.25) is 9.59 Å². The molecule has 0 atom stereocenters. The van der Waals surface area contributed by atoms with Gasteiger partial charge in [0.25, 0.3) is 0 Å². The Kier molecular flexibility index (Phi) is 20.0. The van der Waals surface area contributed by atoms with Crippen LogP contribution in [0, 0.1) is 0 Å². The van der Waals surface area contributed by atoms with Gasteiger partial charge in [0.1, 0.15) is 0 Å². The molecule has 4 aromatic heterocycles. The van der Waals surface area contributed by atoms with Crippen molar-refractivity contribution in [3.8, 4) is 19.5 Å². The number of rotatable bonds is 29. The lowest BCUT2D eigenvalue weighted by atomic mass is 10.1. The highest BCUT2D eigenvalue weighted by Gasteiger charge is 2.17. The van der Waals surface area contributed by atoms with Gasteiger partial charge in [-0.2, -0.15) is 0 Å². The predicted octanol–water partition coefficient (Wildman–Crippen LogP) is 16.0. The van der Waals surface area contributed by atoms with Gasteiger partial charge in [0.05, 0.1) is 9.75 Å². The first-order valence-electron chi connectivity index (χ1n) is 20.0. The lowest BCUT2D eigenvalue weighted by Crippen LogP contribution is -2.02. The van der Waals surface area contributed by atoms with Crippen molar-refractivity contribution in [1.82, 2.24) is 0 Å². The summed E-state index contributed by atoms with van der Waals surface area (Å²) < 4.78 is 0. The summed E-state index contributed by atoms with van der Waals surface area (Å²) in [6, 6.07) is 17.0. The molecule has 4 heterocycles. The smallest absolute Gasteiger partial charge is 0.173 e. The van der Waals surface area contributed by atoms with Gasteiger partial charge < -0.3 is 0 Å². The Hall–Kier alpha value is -1.86. The summed E-state index contributed by atoms with van der Waals surface area (Å²) in [6.45, 7) is 4.56. The first kappa shape index (κ1) is 40.9. The highest BCUT2D eigenvalue weighted by atomic mass is 32.1. The third kappa shape index (κ3) is 15.0. The largest absolute Gasteiger partial charge is 0.293 e. The zero-order valence-electron chi connectivity index (χ0n) is 31.0. The van der Waals surface area contributed by atoms with Gasteiger partial charge in [0.15, 0.2) is 11.6 Å². The Morgan fingerprint density at radius 3 is 1.04 bits per heavy atom. The zero-order chi connectivity index (χ0) is 35.2. The van der Waals surface area contributed by atoms with Crippen molar-refractivity contribution >= 4 is 56.9 Å². The SMILES string of the molecule is CCCCCCCCCCCCc1ccc(-c2ccc(C(=O)CCC(=O)c3ccc(-c4ccc(CCCCCCCCCCCC)s4)s3)s2)s1. The molecular weight excluding hydrogens is 689 g/mol. The molecule has 0 bridgehead atoms. The van der Waals surface area contributed by atoms with Gasteiger partial charge in [-0.25, -0.2) is 0 Å². The number of carbonyl (C=O) groups is 2. The maximum Gasteiger partial charge on any atom is 0.173 e. The van der Waals surface area contributed by atoms with Crippen LogP contribution in [0.1, 0.15) is 184 Å². The number of ketones is 2. The lowest BCUT2D eigenvalue weighted by Gasteiger charge is -2.02. The molecule has 0 saturated carbocycles. The third-order valence-corrected chi connectivity index (χ3v) is 14.6. The molecule has 0 unspecified atom stereocenters. The number of Topliss-reactive ketones (excluding diaryl/α,β-unsaturated/α-hetero) is 2. The number of hydrogen-bond donors (Lipinski definition) is 0. The van der Waals surface area contributed by atoms with E-state index in [9.17, 15) is 9.59 Å². The molecule has 0 aliphatic carbocycles. The van der Waals surface area contributed by atoms with E-state index in [0.29, 0.717) is 0 Å². The Balaban J connectivity index is 1.11. The maximum absolute atomic E-state index is 13.0. The second-order valence-electron chi connectivity index (χ2n) is 14.1.